The Morgan fingerprint density at radius 3 is 2.49 bits per heavy atom. The van der Waals surface area contributed by atoms with E-state index in [1.807, 2.05) is 29.2 Å². The Labute approximate surface area is 210 Å². The molecule has 5 rings (SSSR count). The highest BCUT2D eigenvalue weighted by Gasteiger charge is 2.27. The highest BCUT2D eigenvalue weighted by molar-refractivity contribution is 7.85. The smallest absolute Gasteiger partial charge is 0.294 e. The maximum atomic E-state index is 12.9. The van der Waals surface area contributed by atoms with E-state index in [-0.39, 0.29) is 10.8 Å². The van der Waals surface area contributed by atoms with Gasteiger partial charge in [0.15, 0.2) is 0 Å². The number of hydrogen-bond donors (Lipinski definition) is 1. The van der Waals surface area contributed by atoms with Crippen molar-refractivity contribution in [3.8, 4) is 0 Å². The van der Waals surface area contributed by atoms with Gasteiger partial charge in [0.2, 0.25) is 5.91 Å². The van der Waals surface area contributed by atoms with Crippen molar-refractivity contribution >= 4 is 33.2 Å². The molecule has 0 saturated carbocycles. The number of amides is 1. The molecule has 1 amide bonds. The van der Waals surface area contributed by atoms with Gasteiger partial charge >= 0.3 is 0 Å². The Hall–Kier alpha value is -3.00. The zero-order valence-electron chi connectivity index (χ0n) is 19.1. The summed E-state index contributed by atoms with van der Waals surface area (Å²) in [7, 11) is -4.29. The Morgan fingerprint density at radius 2 is 1.74 bits per heavy atom. The number of benzene rings is 2. The maximum Gasteiger partial charge on any atom is 0.294 e. The molecule has 8 heteroatoms. The highest BCUT2D eigenvalue weighted by atomic mass is 35.5. The number of hydrogen-bond acceptors (Lipinski definition) is 4. The lowest BCUT2D eigenvalue weighted by Gasteiger charge is -2.30. The van der Waals surface area contributed by atoms with Crippen LogP contribution >= 0.6 is 11.6 Å². The van der Waals surface area contributed by atoms with E-state index >= 15 is 0 Å². The molecular weight excluding hydrogens is 484 g/mol. The molecule has 0 spiro atoms. The van der Waals surface area contributed by atoms with E-state index in [0.717, 1.165) is 39.9 Å². The number of likely N-dealkylation sites (tertiary alicyclic amines) is 1. The first-order valence-electron chi connectivity index (χ1n) is 11.6. The van der Waals surface area contributed by atoms with Crippen LogP contribution < -0.4 is 0 Å². The number of aryl methyl sites for hydroxylation is 2. The lowest BCUT2D eigenvalue weighted by atomic mass is 9.88. The quantitative estimate of drug-likeness (QED) is 0.516. The second kappa shape index (κ2) is 9.57. The third kappa shape index (κ3) is 5.03. The molecule has 1 aromatic heterocycles. The average molecular weight is 509 g/mol. The number of rotatable bonds is 3. The number of fused-ring (bicyclic) bond motifs is 2. The minimum absolute atomic E-state index is 0.0777. The van der Waals surface area contributed by atoms with E-state index in [4.69, 9.17) is 16.6 Å². The Bertz CT molecular complexity index is 1440. The molecule has 0 atom stereocenters. The Morgan fingerprint density at radius 1 is 0.971 bits per heavy atom. The second-order valence-corrected chi connectivity index (χ2v) is 10.8. The molecule has 0 unspecified atom stereocenters. The molecule has 3 aromatic rings. The molecule has 2 aromatic carbocycles. The van der Waals surface area contributed by atoms with Crippen molar-refractivity contribution in [1.82, 2.24) is 9.88 Å². The third-order valence-electron chi connectivity index (χ3n) is 6.75. The molecule has 180 valence electrons. The molecule has 1 saturated heterocycles. The van der Waals surface area contributed by atoms with Crippen LogP contribution in [0.25, 0.3) is 5.57 Å². The van der Waals surface area contributed by atoms with Gasteiger partial charge in [-0.3, -0.25) is 14.3 Å². The first-order chi connectivity index (χ1) is 16.8. The van der Waals surface area contributed by atoms with Crippen molar-refractivity contribution in [3.63, 3.8) is 0 Å². The third-order valence-corrected chi connectivity index (χ3v) is 7.84. The molecule has 1 fully saturated rings. The summed E-state index contributed by atoms with van der Waals surface area (Å²) in [4.78, 5) is 19.4. The zero-order valence-corrected chi connectivity index (χ0v) is 20.6. The minimum atomic E-state index is -4.29. The van der Waals surface area contributed by atoms with Gasteiger partial charge in [-0.2, -0.15) is 8.42 Å². The van der Waals surface area contributed by atoms with Gasteiger partial charge in [-0.15, -0.1) is 0 Å². The van der Waals surface area contributed by atoms with E-state index < -0.39 is 10.1 Å². The molecule has 1 aliphatic heterocycles. The van der Waals surface area contributed by atoms with Gasteiger partial charge in [0.1, 0.15) is 0 Å². The van der Waals surface area contributed by atoms with Crippen molar-refractivity contribution in [2.45, 2.75) is 37.0 Å². The number of nitrogens with zero attached hydrogens (tertiary/aromatic N) is 2. The fourth-order valence-corrected chi connectivity index (χ4v) is 5.75. The standard InChI is InChI=1S/C27H25ClN2O4S/c28-22-5-1-3-18(15-22)16-25(31)30-13-10-19(11-14-30)26-24-9-8-23(35(32,33)34)17-21(24)7-6-20-4-2-12-29-27(20)26/h1-5,8-9,12,15,17H,6-7,10-11,13-14,16H2,(H,32,33,34). The first kappa shape index (κ1) is 23.7. The molecule has 1 N–H and O–H groups in total. The van der Waals surface area contributed by atoms with Gasteiger partial charge in [0.25, 0.3) is 10.1 Å². The van der Waals surface area contributed by atoms with Crippen molar-refractivity contribution in [3.05, 3.63) is 99.3 Å². The summed E-state index contributed by atoms with van der Waals surface area (Å²) < 4.78 is 33.0. The lowest BCUT2D eigenvalue weighted by Crippen LogP contribution is -2.37. The number of carbonyl (C=O) groups is 1. The van der Waals surface area contributed by atoms with E-state index in [2.05, 4.69) is 6.07 Å². The predicted octanol–water partition coefficient (Wildman–Crippen LogP) is 4.75. The molecule has 2 heterocycles. The van der Waals surface area contributed by atoms with Crippen LogP contribution in [0.5, 0.6) is 0 Å². The van der Waals surface area contributed by atoms with Gasteiger partial charge in [0, 0.05) is 29.9 Å². The zero-order chi connectivity index (χ0) is 24.6. The first-order valence-corrected chi connectivity index (χ1v) is 13.4. The summed E-state index contributed by atoms with van der Waals surface area (Å²) in [6.45, 7) is 1.22. The van der Waals surface area contributed by atoms with E-state index in [1.165, 1.54) is 11.6 Å². The van der Waals surface area contributed by atoms with Crippen LogP contribution in [-0.2, 0) is 34.2 Å². The summed E-state index contributed by atoms with van der Waals surface area (Å²) in [6, 6.07) is 16.2. The SMILES string of the molecule is O=C(Cc1cccc(Cl)c1)N1CCC(=C2c3ccc(S(=O)(=O)O)cc3CCc3cccnc32)CC1. The summed E-state index contributed by atoms with van der Waals surface area (Å²) in [5.41, 5.74) is 6.98. The van der Waals surface area contributed by atoms with E-state index in [0.29, 0.717) is 43.8 Å². The summed E-state index contributed by atoms with van der Waals surface area (Å²) in [5.74, 6) is 0.0777. The van der Waals surface area contributed by atoms with Gasteiger partial charge in [-0.1, -0.05) is 41.4 Å². The predicted molar refractivity (Wildman–Crippen MR) is 135 cm³/mol. The van der Waals surface area contributed by atoms with Crippen LogP contribution in [0.15, 0.2) is 71.3 Å². The second-order valence-electron chi connectivity index (χ2n) is 8.97. The number of halogens is 1. The summed E-state index contributed by atoms with van der Waals surface area (Å²) in [6.07, 6.45) is 4.90. The molecule has 1 aliphatic carbocycles. The summed E-state index contributed by atoms with van der Waals surface area (Å²) in [5, 5.41) is 0.622. The van der Waals surface area contributed by atoms with E-state index in [1.54, 1.807) is 24.4 Å². The normalized spacial score (nSPS) is 15.9. The van der Waals surface area contributed by atoms with Crippen molar-refractivity contribution < 1.29 is 17.8 Å². The van der Waals surface area contributed by atoms with Crippen LogP contribution in [0, 0.1) is 0 Å². The molecule has 6 nitrogen and oxygen atoms in total. The molecular formula is C27H25ClN2O4S. The minimum Gasteiger partial charge on any atom is -0.342 e. The highest BCUT2D eigenvalue weighted by Crippen LogP contribution is 2.38. The van der Waals surface area contributed by atoms with E-state index in [9.17, 15) is 17.8 Å². The molecule has 2 aliphatic rings. The van der Waals surface area contributed by atoms with Crippen LogP contribution in [-0.4, -0.2) is 41.9 Å². The number of piperidine rings is 1. The molecule has 0 bridgehead atoms. The molecule has 0 radical (unpaired) electrons. The maximum absolute atomic E-state index is 12.9. The van der Waals surface area contributed by atoms with Crippen LogP contribution in [0.4, 0.5) is 0 Å². The van der Waals surface area contributed by atoms with Crippen molar-refractivity contribution in [2.75, 3.05) is 13.1 Å². The number of carbonyl (C=O) groups excluding carboxylic acids is 1. The van der Waals surface area contributed by atoms with Crippen molar-refractivity contribution in [2.24, 2.45) is 0 Å². The van der Waals surface area contributed by atoms with Gasteiger partial charge < -0.3 is 4.90 Å². The largest absolute Gasteiger partial charge is 0.342 e. The molecule has 35 heavy (non-hydrogen) atoms. The van der Waals surface area contributed by atoms with Crippen LogP contribution in [0.2, 0.25) is 5.02 Å². The van der Waals surface area contributed by atoms with Crippen molar-refractivity contribution in [1.29, 1.82) is 0 Å². The average Bonchev–Trinajstić information content (AvgIpc) is 3.00. The van der Waals surface area contributed by atoms with Crippen LogP contribution in [0.1, 0.15) is 40.8 Å². The fraction of sp³-hybridized carbons (Fsp3) is 0.259. The van der Waals surface area contributed by atoms with Crippen LogP contribution in [0.3, 0.4) is 0 Å². The number of aromatic nitrogens is 1. The summed E-state index contributed by atoms with van der Waals surface area (Å²) >= 11 is 6.07. The van der Waals surface area contributed by atoms with Gasteiger partial charge in [-0.25, -0.2) is 0 Å². The Kier molecular flexibility index (Phi) is 6.49. The topological polar surface area (TPSA) is 87.6 Å². The lowest BCUT2D eigenvalue weighted by molar-refractivity contribution is -0.130. The van der Waals surface area contributed by atoms with Gasteiger partial charge in [-0.05, 0) is 78.3 Å². The fourth-order valence-electron chi connectivity index (χ4n) is 5.01. The number of pyridine rings is 1. The Balaban J connectivity index is 1.46. The monoisotopic (exact) mass is 508 g/mol. The van der Waals surface area contributed by atoms with Gasteiger partial charge in [0.05, 0.1) is 17.0 Å².